The van der Waals surface area contributed by atoms with Gasteiger partial charge in [0.25, 0.3) is 0 Å². The van der Waals surface area contributed by atoms with Gasteiger partial charge in [-0.2, -0.15) is 0 Å². The van der Waals surface area contributed by atoms with Crippen molar-refractivity contribution >= 4 is 22.8 Å². The second kappa shape index (κ2) is 4.48. The first-order chi connectivity index (χ1) is 8.52. The maximum Gasteiger partial charge on any atom is 0.312 e. The van der Waals surface area contributed by atoms with Crippen molar-refractivity contribution in [2.24, 2.45) is 0 Å². The molecule has 6 nitrogen and oxygen atoms in total. The van der Waals surface area contributed by atoms with Gasteiger partial charge >= 0.3 is 5.97 Å². The summed E-state index contributed by atoms with van der Waals surface area (Å²) in [5.41, 5.74) is 6.58. The first-order valence-electron chi connectivity index (χ1n) is 5.37. The number of fused-ring (bicyclic) bond motifs is 1. The Kier molecular flexibility index (Phi) is 3.01. The van der Waals surface area contributed by atoms with Crippen LogP contribution in [0.25, 0.3) is 10.9 Å². The summed E-state index contributed by atoms with van der Waals surface area (Å²) in [5.74, 6) is -1.01. The maximum atomic E-state index is 11.1. The highest BCUT2D eigenvalue weighted by atomic mass is 16.5. The molecule has 1 unspecified atom stereocenters. The number of benzene rings is 1. The van der Waals surface area contributed by atoms with Crippen molar-refractivity contribution in [3.8, 4) is 5.75 Å². The van der Waals surface area contributed by atoms with Crippen molar-refractivity contribution < 1.29 is 14.6 Å². The lowest BCUT2D eigenvalue weighted by molar-refractivity contribution is -0.138. The smallest absolute Gasteiger partial charge is 0.312 e. The average Bonchev–Trinajstić information content (AvgIpc) is 2.35. The summed E-state index contributed by atoms with van der Waals surface area (Å²) in [6.45, 7) is 1.56. The van der Waals surface area contributed by atoms with Gasteiger partial charge in [0.05, 0.1) is 24.2 Å². The summed E-state index contributed by atoms with van der Waals surface area (Å²) < 4.78 is 5.09. The summed E-state index contributed by atoms with van der Waals surface area (Å²) >= 11 is 0. The molecule has 18 heavy (non-hydrogen) atoms. The summed E-state index contributed by atoms with van der Waals surface area (Å²) in [5, 5.41) is 9.73. The molecule has 3 N–H and O–H groups in total. The van der Waals surface area contributed by atoms with E-state index >= 15 is 0 Å². The van der Waals surface area contributed by atoms with Crippen molar-refractivity contribution in [1.82, 2.24) is 9.97 Å². The van der Waals surface area contributed by atoms with Crippen LogP contribution in [-0.4, -0.2) is 28.2 Å². The second-order valence-electron chi connectivity index (χ2n) is 3.91. The molecular weight excluding hydrogens is 234 g/mol. The number of aromatic nitrogens is 2. The third-order valence-corrected chi connectivity index (χ3v) is 2.73. The fourth-order valence-corrected chi connectivity index (χ4v) is 1.73. The quantitative estimate of drug-likeness (QED) is 0.850. The van der Waals surface area contributed by atoms with Crippen LogP contribution in [0.3, 0.4) is 0 Å². The topological polar surface area (TPSA) is 98.3 Å². The van der Waals surface area contributed by atoms with Gasteiger partial charge in [-0.05, 0) is 19.1 Å². The van der Waals surface area contributed by atoms with Crippen molar-refractivity contribution in [3.63, 3.8) is 0 Å². The van der Waals surface area contributed by atoms with Crippen LogP contribution in [0.5, 0.6) is 5.75 Å². The molecule has 2 aromatic rings. The summed E-state index contributed by atoms with van der Waals surface area (Å²) in [6, 6.07) is 5.17. The first-order valence-corrected chi connectivity index (χ1v) is 5.37. The maximum absolute atomic E-state index is 11.1. The van der Waals surface area contributed by atoms with Crippen LogP contribution in [0.2, 0.25) is 0 Å². The molecule has 2 rings (SSSR count). The number of ether oxygens (including phenoxy) is 1. The van der Waals surface area contributed by atoms with Gasteiger partial charge in [0.15, 0.2) is 0 Å². The van der Waals surface area contributed by atoms with Gasteiger partial charge in [-0.25, -0.2) is 9.97 Å². The zero-order valence-corrected chi connectivity index (χ0v) is 10.0. The third kappa shape index (κ3) is 2.04. The van der Waals surface area contributed by atoms with Crippen molar-refractivity contribution in [2.45, 2.75) is 12.8 Å². The standard InChI is InChI=1S/C12H13N3O3/c1-6(11(16)17)10-8-4-3-7(18-2)5-9(8)14-12(13)15-10/h3-6H,1-2H3,(H,16,17)(H2,13,14,15). The Balaban J connectivity index is 2.69. The van der Waals surface area contributed by atoms with Gasteiger partial charge in [0.2, 0.25) is 5.95 Å². The molecule has 0 amide bonds. The molecule has 0 spiro atoms. The number of carboxylic acids is 1. The molecule has 0 aliphatic heterocycles. The number of nitrogen functional groups attached to an aromatic ring is 1. The average molecular weight is 247 g/mol. The molecule has 6 heteroatoms. The largest absolute Gasteiger partial charge is 0.497 e. The predicted molar refractivity (Wildman–Crippen MR) is 66.6 cm³/mol. The number of hydrogen-bond donors (Lipinski definition) is 2. The van der Waals surface area contributed by atoms with E-state index in [1.165, 1.54) is 0 Å². The molecule has 0 bridgehead atoms. The highest BCUT2D eigenvalue weighted by Crippen LogP contribution is 2.26. The van der Waals surface area contributed by atoms with Crippen LogP contribution >= 0.6 is 0 Å². The molecule has 1 aromatic heterocycles. The first kappa shape index (κ1) is 12.1. The zero-order valence-electron chi connectivity index (χ0n) is 10.0. The zero-order chi connectivity index (χ0) is 13.3. The molecule has 0 radical (unpaired) electrons. The number of carbonyl (C=O) groups is 1. The van der Waals surface area contributed by atoms with E-state index in [9.17, 15) is 4.79 Å². The van der Waals surface area contributed by atoms with E-state index in [0.29, 0.717) is 22.3 Å². The van der Waals surface area contributed by atoms with Crippen LogP contribution < -0.4 is 10.5 Å². The van der Waals surface area contributed by atoms with Gasteiger partial charge in [0.1, 0.15) is 5.75 Å². The number of rotatable bonds is 3. The van der Waals surface area contributed by atoms with Gasteiger partial charge in [0, 0.05) is 11.5 Å². The number of nitrogens with two attached hydrogens (primary N) is 1. The van der Waals surface area contributed by atoms with Crippen LogP contribution in [0.1, 0.15) is 18.5 Å². The molecule has 1 heterocycles. The van der Waals surface area contributed by atoms with E-state index in [4.69, 9.17) is 15.6 Å². The molecule has 0 saturated carbocycles. The Labute approximate surface area is 103 Å². The number of methoxy groups -OCH3 is 1. The fraction of sp³-hybridized carbons (Fsp3) is 0.250. The van der Waals surface area contributed by atoms with Gasteiger partial charge in [-0.15, -0.1) is 0 Å². The molecule has 0 aliphatic rings. The number of nitrogens with zero attached hydrogens (tertiary/aromatic N) is 2. The summed E-state index contributed by atoms with van der Waals surface area (Å²) in [4.78, 5) is 19.2. The van der Waals surface area contributed by atoms with E-state index in [-0.39, 0.29) is 5.95 Å². The van der Waals surface area contributed by atoms with Crippen molar-refractivity contribution in [2.75, 3.05) is 12.8 Å². The van der Waals surface area contributed by atoms with Crippen molar-refractivity contribution in [3.05, 3.63) is 23.9 Å². The molecule has 1 aromatic carbocycles. The van der Waals surface area contributed by atoms with Crippen LogP contribution in [-0.2, 0) is 4.79 Å². The molecule has 94 valence electrons. The van der Waals surface area contributed by atoms with E-state index in [2.05, 4.69) is 9.97 Å². The van der Waals surface area contributed by atoms with Gasteiger partial charge in [-0.3, -0.25) is 4.79 Å². The number of hydrogen-bond acceptors (Lipinski definition) is 5. The van der Waals surface area contributed by atoms with E-state index in [1.54, 1.807) is 32.2 Å². The van der Waals surface area contributed by atoms with Gasteiger partial charge in [-0.1, -0.05) is 0 Å². The minimum Gasteiger partial charge on any atom is -0.497 e. The number of aliphatic carboxylic acids is 1. The SMILES string of the molecule is COc1ccc2c(C(C)C(=O)O)nc(N)nc2c1. The Bertz CT molecular complexity index is 613. The van der Waals surface area contributed by atoms with E-state index in [1.807, 2.05) is 0 Å². The van der Waals surface area contributed by atoms with E-state index in [0.717, 1.165) is 0 Å². The van der Waals surface area contributed by atoms with Crippen LogP contribution in [0.4, 0.5) is 5.95 Å². The molecule has 0 aliphatic carbocycles. The molecule has 0 saturated heterocycles. The Morgan fingerprint density at radius 2 is 2.17 bits per heavy atom. The molecular formula is C12H13N3O3. The fourth-order valence-electron chi connectivity index (χ4n) is 1.73. The minimum atomic E-state index is -0.954. The Hall–Kier alpha value is -2.37. The monoisotopic (exact) mass is 247 g/mol. The van der Waals surface area contributed by atoms with Crippen LogP contribution in [0, 0.1) is 0 Å². The minimum absolute atomic E-state index is 0.0545. The lowest BCUT2D eigenvalue weighted by atomic mass is 10.0. The summed E-state index contributed by atoms with van der Waals surface area (Å²) in [7, 11) is 1.55. The lowest BCUT2D eigenvalue weighted by Gasteiger charge is -2.10. The van der Waals surface area contributed by atoms with E-state index < -0.39 is 11.9 Å². The van der Waals surface area contributed by atoms with Crippen molar-refractivity contribution in [1.29, 1.82) is 0 Å². The Morgan fingerprint density at radius 1 is 1.44 bits per heavy atom. The normalized spacial score (nSPS) is 12.3. The van der Waals surface area contributed by atoms with Gasteiger partial charge < -0.3 is 15.6 Å². The highest BCUT2D eigenvalue weighted by molar-refractivity contribution is 5.88. The number of anilines is 1. The summed E-state index contributed by atoms with van der Waals surface area (Å²) in [6.07, 6.45) is 0. The predicted octanol–water partition coefficient (Wildman–Crippen LogP) is 1.41. The third-order valence-electron chi connectivity index (χ3n) is 2.73. The lowest BCUT2D eigenvalue weighted by Crippen LogP contribution is -2.12. The Morgan fingerprint density at radius 3 is 2.78 bits per heavy atom. The second-order valence-corrected chi connectivity index (χ2v) is 3.91. The molecule has 1 atom stereocenters. The molecule has 0 fully saturated rings. The highest BCUT2D eigenvalue weighted by Gasteiger charge is 2.19. The number of carboxylic acid groups (broad SMARTS) is 1. The van der Waals surface area contributed by atoms with Crippen LogP contribution in [0.15, 0.2) is 18.2 Å².